The predicted molar refractivity (Wildman–Crippen MR) is 99.6 cm³/mol. The Morgan fingerprint density at radius 3 is 2.89 bits per heavy atom. The second kappa shape index (κ2) is 8.82. The molecule has 28 heavy (non-hydrogen) atoms. The Bertz CT molecular complexity index is 1020. The molecule has 3 aromatic rings. The molecule has 1 N–H and O–H groups in total. The molecule has 0 unspecified atom stereocenters. The highest BCUT2D eigenvalue weighted by atomic mass is 19.1. The fourth-order valence-electron chi connectivity index (χ4n) is 2.47. The van der Waals surface area contributed by atoms with Gasteiger partial charge in [0, 0.05) is 30.7 Å². The Balaban J connectivity index is 1.57. The first-order chi connectivity index (χ1) is 13.5. The summed E-state index contributed by atoms with van der Waals surface area (Å²) in [6, 6.07) is 10.0. The molecule has 1 heterocycles. The number of hydrogen-bond acceptors (Lipinski definition) is 4. The largest absolute Gasteiger partial charge is 0.481 e. The molecule has 5 nitrogen and oxygen atoms in total. The number of amides is 1. The molecule has 0 aliphatic carbocycles. The molecule has 142 valence electrons. The molecule has 1 aromatic heterocycles. The van der Waals surface area contributed by atoms with Gasteiger partial charge in [-0.25, -0.2) is 13.8 Å². The summed E-state index contributed by atoms with van der Waals surface area (Å²) in [6.45, 7) is 0.137. The molecule has 0 aliphatic heterocycles. The number of ether oxygens (including phenoxy) is 1. The van der Waals surface area contributed by atoms with Crippen LogP contribution in [0, 0.1) is 24.0 Å². The van der Waals surface area contributed by atoms with Crippen LogP contribution in [0.5, 0.6) is 5.75 Å². The first-order valence-electron chi connectivity index (χ1n) is 8.41. The fraction of sp³-hybridized carbons (Fsp3) is 0.143. The van der Waals surface area contributed by atoms with Gasteiger partial charge in [0.05, 0.1) is 11.8 Å². The number of halogens is 2. The van der Waals surface area contributed by atoms with Gasteiger partial charge in [0.2, 0.25) is 5.91 Å². The summed E-state index contributed by atoms with van der Waals surface area (Å²) in [4.78, 5) is 16.2. The SMILES string of the molecule is C#CCOc1cccc(NC(=O)CCc2ncc(-c3ccc(F)cc3F)o2)c1. The van der Waals surface area contributed by atoms with E-state index in [9.17, 15) is 13.6 Å². The smallest absolute Gasteiger partial charge is 0.224 e. The normalized spacial score (nSPS) is 10.3. The van der Waals surface area contributed by atoms with Gasteiger partial charge < -0.3 is 14.5 Å². The van der Waals surface area contributed by atoms with Crippen LogP contribution >= 0.6 is 0 Å². The van der Waals surface area contributed by atoms with Gasteiger partial charge in [-0.05, 0) is 24.3 Å². The van der Waals surface area contributed by atoms with Crippen LogP contribution in [0.15, 0.2) is 53.1 Å². The zero-order valence-electron chi connectivity index (χ0n) is 14.7. The van der Waals surface area contributed by atoms with Crippen LogP contribution < -0.4 is 10.1 Å². The van der Waals surface area contributed by atoms with Crippen molar-refractivity contribution in [3.63, 3.8) is 0 Å². The van der Waals surface area contributed by atoms with Crippen molar-refractivity contribution in [1.82, 2.24) is 4.98 Å². The number of aryl methyl sites for hydroxylation is 1. The molecular weight excluding hydrogens is 366 g/mol. The maximum Gasteiger partial charge on any atom is 0.224 e. The minimum Gasteiger partial charge on any atom is -0.481 e. The Kier molecular flexibility index (Phi) is 6.02. The van der Waals surface area contributed by atoms with Gasteiger partial charge in [0.15, 0.2) is 11.7 Å². The maximum absolute atomic E-state index is 13.8. The highest BCUT2D eigenvalue weighted by Gasteiger charge is 2.13. The third kappa shape index (κ3) is 4.95. The van der Waals surface area contributed by atoms with Gasteiger partial charge in [0.25, 0.3) is 0 Å². The van der Waals surface area contributed by atoms with Gasteiger partial charge in [-0.1, -0.05) is 12.0 Å². The molecule has 0 aliphatic rings. The molecule has 3 rings (SSSR count). The first-order valence-corrected chi connectivity index (χ1v) is 8.41. The van der Waals surface area contributed by atoms with E-state index in [1.165, 1.54) is 12.3 Å². The summed E-state index contributed by atoms with van der Waals surface area (Å²) < 4.78 is 37.6. The highest BCUT2D eigenvalue weighted by molar-refractivity contribution is 5.90. The Labute approximate surface area is 160 Å². The van der Waals surface area contributed by atoms with Crippen molar-refractivity contribution >= 4 is 11.6 Å². The lowest BCUT2D eigenvalue weighted by Crippen LogP contribution is -2.12. The van der Waals surface area contributed by atoms with Crippen LogP contribution in [0.2, 0.25) is 0 Å². The van der Waals surface area contributed by atoms with Crippen LogP contribution in [0.25, 0.3) is 11.3 Å². The number of carbonyl (C=O) groups is 1. The maximum atomic E-state index is 13.8. The molecule has 0 saturated heterocycles. The number of benzene rings is 2. The molecule has 0 radical (unpaired) electrons. The molecule has 1 amide bonds. The van der Waals surface area contributed by atoms with E-state index in [0.29, 0.717) is 11.4 Å². The zero-order chi connectivity index (χ0) is 19.9. The van der Waals surface area contributed by atoms with Crippen LogP contribution in [0.4, 0.5) is 14.5 Å². The third-order valence-corrected chi connectivity index (χ3v) is 3.76. The highest BCUT2D eigenvalue weighted by Crippen LogP contribution is 2.24. The number of hydrogen-bond donors (Lipinski definition) is 1. The lowest BCUT2D eigenvalue weighted by atomic mass is 10.2. The van der Waals surface area contributed by atoms with Crippen molar-refractivity contribution < 1.29 is 22.7 Å². The molecule has 2 aromatic carbocycles. The summed E-state index contributed by atoms with van der Waals surface area (Å²) in [5.74, 6) is 1.70. The summed E-state index contributed by atoms with van der Waals surface area (Å²) >= 11 is 0. The number of carbonyl (C=O) groups excluding carboxylic acids is 1. The monoisotopic (exact) mass is 382 g/mol. The van der Waals surface area contributed by atoms with Gasteiger partial charge >= 0.3 is 0 Å². The Morgan fingerprint density at radius 1 is 1.25 bits per heavy atom. The number of aromatic nitrogens is 1. The van der Waals surface area contributed by atoms with Crippen molar-refractivity contribution in [2.75, 3.05) is 11.9 Å². The van der Waals surface area contributed by atoms with E-state index >= 15 is 0 Å². The van der Waals surface area contributed by atoms with Crippen LogP contribution in [-0.4, -0.2) is 17.5 Å². The van der Waals surface area contributed by atoms with E-state index in [1.54, 1.807) is 24.3 Å². The number of terminal acetylenes is 1. The quantitative estimate of drug-likeness (QED) is 0.622. The molecule has 0 bridgehead atoms. The fourth-order valence-corrected chi connectivity index (χ4v) is 2.47. The standard InChI is InChI=1S/C21H16F2N2O3/c1-2-10-27-16-5-3-4-15(12-16)25-20(26)8-9-21-24-13-19(28-21)17-7-6-14(22)11-18(17)23/h1,3-7,11-13H,8-10H2,(H,25,26). The number of oxazole rings is 1. The number of nitrogens with one attached hydrogen (secondary N) is 1. The van der Waals surface area contributed by atoms with Crippen molar-refractivity contribution in [1.29, 1.82) is 0 Å². The lowest BCUT2D eigenvalue weighted by Gasteiger charge is -2.07. The van der Waals surface area contributed by atoms with E-state index in [1.807, 2.05) is 0 Å². The molecule has 0 spiro atoms. The van der Waals surface area contributed by atoms with Gasteiger partial charge in [0.1, 0.15) is 24.0 Å². The molecular formula is C21H16F2N2O3. The first kappa shape index (κ1) is 19.1. The summed E-state index contributed by atoms with van der Waals surface area (Å²) in [7, 11) is 0. The average Bonchev–Trinajstić information content (AvgIpc) is 3.14. The minimum absolute atomic E-state index is 0.105. The molecule has 0 saturated carbocycles. The topological polar surface area (TPSA) is 64.4 Å². The van der Waals surface area contributed by atoms with Crippen molar-refractivity contribution in [2.24, 2.45) is 0 Å². The average molecular weight is 382 g/mol. The molecule has 7 heteroatoms. The van der Waals surface area contributed by atoms with E-state index in [0.717, 1.165) is 12.1 Å². The minimum atomic E-state index is -0.743. The number of nitrogens with zero attached hydrogens (tertiary/aromatic N) is 1. The zero-order valence-corrected chi connectivity index (χ0v) is 14.7. The van der Waals surface area contributed by atoms with Gasteiger partial charge in [-0.3, -0.25) is 4.79 Å². The summed E-state index contributed by atoms with van der Waals surface area (Å²) in [5, 5.41) is 2.74. The van der Waals surface area contributed by atoms with E-state index < -0.39 is 11.6 Å². The van der Waals surface area contributed by atoms with Crippen molar-refractivity contribution in [2.45, 2.75) is 12.8 Å². The van der Waals surface area contributed by atoms with Crippen LogP contribution in [0.1, 0.15) is 12.3 Å². The van der Waals surface area contributed by atoms with Gasteiger partial charge in [-0.15, -0.1) is 6.42 Å². The van der Waals surface area contributed by atoms with Crippen molar-refractivity contribution in [3.05, 3.63) is 66.2 Å². The molecule has 0 fully saturated rings. The lowest BCUT2D eigenvalue weighted by molar-refractivity contribution is -0.116. The van der Waals surface area contributed by atoms with Crippen molar-refractivity contribution in [3.8, 4) is 29.4 Å². The predicted octanol–water partition coefficient (Wildman–Crippen LogP) is 4.20. The number of rotatable bonds is 7. The third-order valence-electron chi connectivity index (χ3n) is 3.76. The van der Waals surface area contributed by atoms with Crippen LogP contribution in [0.3, 0.4) is 0 Å². The van der Waals surface area contributed by atoms with E-state index in [4.69, 9.17) is 15.6 Å². The van der Waals surface area contributed by atoms with E-state index in [2.05, 4.69) is 16.2 Å². The second-order valence-corrected chi connectivity index (χ2v) is 5.81. The summed E-state index contributed by atoms with van der Waals surface area (Å²) in [5.41, 5.74) is 0.675. The second-order valence-electron chi connectivity index (χ2n) is 5.81. The number of anilines is 1. The summed E-state index contributed by atoms with van der Waals surface area (Å²) in [6.07, 6.45) is 6.83. The Morgan fingerprint density at radius 2 is 2.11 bits per heavy atom. The molecule has 0 atom stereocenters. The van der Waals surface area contributed by atoms with E-state index in [-0.39, 0.29) is 42.6 Å². The Hall–Kier alpha value is -3.66. The van der Waals surface area contributed by atoms with Crippen LogP contribution in [-0.2, 0) is 11.2 Å². The van der Waals surface area contributed by atoms with Gasteiger partial charge in [-0.2, -0.15) is 0 Å².